The summed E-state index contributed by atoms with van der Waals surface area (Å²) < 4.78 is 0. The molecule has 5 nitrogen and oxygen atoms in total. The Hall–Kier alpha value is -1.93. The van der Waals surface area contributed by atoms with Gasteiger partial charge in [-0.25, -0.2) is 4.79 Å². The van der Waals surface area contributed by atoms with Gasteiger partial charge in [0.25, 0.3) is 0 Å². The van der Waals surface area contributed by atoms with Gasteiger partial charge < -0.3 is 10.4 Å². The summed E-state index contributed by atoms with van der Waals surface area (Å²) >= 11 is 6.13. The van der Waals surface area contributed by atoms with Crippen molar-refractivity contribution in [1.29, 1.82) is 5.26 Å². The average Bonchev–Trinajstić information content (AvgIpc) is 2.46. The molecule has 6 heteroatoms. The molecule has 130 valence electrons. The van der Waals surface area contributed by atoms with Gasteiger partial charge in [0.15, 0.2) is 0 Å². The van der Waals surface area contributed by atoms with Crippen molar-refractivity contribution in [3.05, 3.63) is 28.8 Å². The fraction of sp³-hybridized carbons (Fsp3) is 0.556. The molecule has 1 amide bonds. The van der Waals surface area contributed by atoms with Gasteiger partial charge >= 0.3 is 6.09 Å². The average molecular weight is 350 g/mol. The van der Waals surface area contributed by atoms with E-state index in [0.29, 0.717) is 10.6 Å². The van der Waals surface area contributed by atoms with E-state index < -0.39 is 17.3 Å². The second-order valence-electron chi connectivity index (χ2n) is 7.31. The van der Waals surface area contributed by atoms with Crippen LogP contribution in [0.2, 0.25) is 5.02 Å². The first kappa shape index (κ1) is 18.4. The highest BCUT2D eigenvalue weighted by molar-refractivity contribution is 6.32. The number of nitrogens with zero attached hydrogens (tertiary/aromatic N) is 2. The zero-order valence-electron chi connectivity index (χ0n) is 14.4. The van der Waals surface area contributed by atoms with Gasteiger partial charge in [-0.15, -0.1) is 0 Å². The van der Waals surface area contributed by atoms with Crippen molar-refractivity contribution in [3.63, 3.8) is 0 Å². The maximum absolute atomic E-state index is 12.0. The quantitative estimate of drug-likeness (QED) is 0.747. The monoisotopic (exact) mass is 349 g/mol. The lowest BCUT2D eigenvalue weighted by atomic mass is 9.84. The van der Waals surface area contributed by atoms with E-state index in [4.69, 9.17) is 16.9 Å². The molecule has 0 spiro atoms. The maximum atomic E-state index is 12.0. The first-order valence-electron chi connectivity index (χ1n) is 8.21. The number of nitrogens with one attached hydrogen (secondary N) is 1. The molecule has 2 rings (SSSR count). The number of nitriles is 1. The number of anilines is 1. The molecule has 0 atom stereocenters. The van der Waals surface area contributed by atoms with Crippen LogP contribution in [0.15, 0.2) is 18.2 Å². The van der Waals surface area contributed by atoms with Crippen LogP contribution in [0.3, 0.4) is 0 Å². The van der Waals surface area contributed by atoms with E-state index in [1.54, 1.807) is 18.2 Å². The number of halogens is 1. The fourth-order valence-electron chi connectivity index (χ4n) is 3.61. The third kappa shape index (κ3) is 3.76. The molecule has 0 aliphatic heterocycles. The van der Waals surface area contributed by atoms with Crippen molar-refractivity contribution in [1.82, 2.24) is 4.90 Å². The third-order valence-electron chi connectivity index (χ3n) is 4.44. The second-order valence-corrected chi connectivity index (χ2v) is 7.72. The molecule has 2 N–H and O–H groups in total. The van der Waals surface area contributed by atoms with Crippen LogP contribution in [0.25, 0.3) is 0 Å². The summed E-state index contributed by atoms with van der Waals surface area (Å²) in [6.07, 6.45) is 3.60. The molecule has 0 heterocycles. The van der Waals surface area contributed by atoms with E-state index >= 15 is 0 Å². The number of amides is 1. The molecule has 1 aromatic rings. The van der Waals surface area contributed by atoms with Gasteiger partial charge in [-0.2, -0.15) is 5.26 Å². The van der Waals surface area contributed by atoms with E-state index in [-0.39, 0.29) is 0 Å². The predicted molar refractivity (Wildman–Crippen MR) is 95.2 cm³/mol. The Balaban J connectivity index is 2.43. The first-order valence-corrected chi connectivity index (χ1v) is 8.58. The summed E-state index contributed by atoms with van der Waals surface area (Å²) in [7, 11) is 0. The van der Waals surface area contributed by atoms with Crippen molar-refractivity contribution in [2.45, 2.75) is 64.1 Å². The van der Waals surface area contributed by atoms with Crippen LogP contribution in [-0.2, 0) is 0 Å². The number of benzene rings is 1. The Morgan fingerprint density at radius 2 is 1.96 bits per heavy atom. The molecule has 1 saturated carbocycles. The molecule has 1 aliphatic rings. The molecular weight excluding hydrogens is 326 g/mol. The highest BCUT2D eigenvalue weighted by Crippen LogP contribution is 2.39. The molecule has 0 bridgehead atoms. The largest absolute Gasteiger partial charge is 0.465 e. The maximum Gasteiger partial charge on any atom is 0.409 e. The Morgan fingerprint density at radius 1 is 1.33 bits per heavy atom. The summed E-state index contributed by atoms with van der Waals surface area (Å²) in [5, 5.41) is 22.7. The topological polar surface area (TPSA) is 76.4 Å². The van der Waals surface area contributed by atoms with E-state index in [2.05, 4.69) is 5.32 Å². The summed E-state index contributed by atoms with van der Waals surface area (Å²) in [4.78, 5) is 13.6. The van der Waals surface area contributed by atoms with E-state index in [1.165, 1.54) is 4.90 Å². The number of hydrogen-bond donors (Lipinski definition) is 2. The van der Waals surface area contributed by atoms with E-state index in [0.717, 1.165) is 37.8 Å². The number of hydrogen-bond acceptors (Lipinski definition) is 3. The normalized spacial score (nSPS) is 17.0. The minimum absolute atomic E-state index is 0.367. The SMILES string of the molecule is CC(C)(C)N(C(=O)O)C1(Nc2ccc(C#N)c(Cl)c2)CCCCC1. The predicted octanol–water partition coefficient (Wildman–Crippen LogP) is 5.06. The minimum Gasteiger partial charge on any atom is -0.465 e. The molecule has 1 fully saturated rings. The number of carbonyl (C=O) groups is 1. The van der Waals surface area contributed by atoms with E-state index in [1.807, 2.05) is 26.8 Å². The molecule has 0 aromatic heterocycles. The van der Waals surface area contributed by atoms with Gasteiger partial charge in [-0.1, -0.05) is 18.0 Å². The van der Waals surface area contributed by atoms with Crippen LogP contribution in [0, 0.1) is 11.3 Å². The van der Waals surface area contributed by atoms with Gasteiger partial charge in [0.05, 0.1) is 10.6 Å². The lowest BCUT2D eigenvalue weighted by Crippen LogP contribution is -2.64. The molecule has 0 unspecified atom stereocenters. The van der Waals surface area contributed by atoms with Gasteiger partial charge in [-0.05, 0) is 64.7 Å². The molecule has 24 heavy (non-hydrogen) atoms. The molecule has 1 aromatic carbocycles. The van der Waals surface area contributed by atoms with Crippen LogP contribution in [0.1, 0.15) is 58.4 Å². The summed E-state index contributed by atoms with van der Waals surface area (Å²) in [6.45, 7) is 5.72. The van der Waals surface area contributed by atoms with Crippen molar-refractivity contribution in [2.24, 2.45) is 0 Å². The van der Waals surface area contributed by atoms with Gasteiger partial charge in [0, 0.05) is 11.2 Å². The first-order chi connectivity index (χ1) is 11.2. The van der Waals surface area contributed by atoms with Crippen molar-refractivity contribution >= 4 is 23.4 Å². The van der Waals surface area contributed by atoms with Crippen LogP contribution < -0.4 is 5.32 Å². The van der Waals surface area contributed by atoms with Crippen LogP contribution >= 0.6 is 11.6 Å². The fourth-order valence-corrected chi connectivity index (χ4v) is 3.83. The zero-order valence-corrected chi connectivity index (χ0v) is 15.2. The van der Waals surface area contributed by atoms with E-state index in [9.17, 15) is 9.90 Å². The molecule has 1 aliphatic carbocycles. The smallest absolute Gasteiger partial charge is 0.409 e. The standard InChI is InChI=1S/C18H24ClN3O2/c1-17(2,3)22(16(23)24)18(9-5-4-6-10-18)21-14-8-7-13(12-20)15(19)11-14/h7-8,11,21H,4-6,9-10H2,1-3H3,(H,23,24). The highest BCUT2D eigenvalue weighted by Gasteiger charge is 2.46. The zero-order chi connectivity index (χ0) is 18.0. The Bertz CT molecular complexity index is 655. The third-order valence-corrected chi connectivity index (χ3v) is 4.75. The van der Waals surface area contributed by atoms with Gasteiger partial charge in [0.1, 0.15) is 11.7 Å². The summed E-state index contributed by atoms with van der Waals surface area (Å²) in [6, 6.07) is 7.17. The minimum atomic E-state index is -0.934. The lowest BCUT2D eigenvalue weighted by Gasteiger charge is -2.51. The molecule has 0 saturated heterocycles. The van der Waals surface area contributed by atoms with Crippen LogP contribution in [-0.4, -0.2) is 27.3 Å². The van der Waals surface area contributed by atoms with Gasteiger partial charge in [-0.3, -0.25) is 4.90 Å². The van der Waals surface area contributed by atoms with Crippen LogP contribution in [0.5, 0.6) is 0 Å². The highest BCUT2D eigenvalue weighted by atomic mass is 35.5. The molecule has 0 radical (unpaired) electrons. The molecular formula is C18H24ClN3O2. The van der Waals surface area contributed by atoms with Crippen LogP contribution in [0.4, 0.5) is 10.5 Å². The Morgan fingerprint density at radius 3 is 2.42 bits per heavy atom. The summed E-state index contributed by atoms with van der Waals surface area (Å²) in [5.74, 6) is 0. The Kier molecular flexibility index (Phi) is 5.29. The second kappa shape index (κ2) is 6.90. The summed E-state index contributed by atoms with van der Waals surface area (Å²) in [5.41, 5.74) is -0.0611. The van der Waals surface area contributed by atoms with Crippen molar-refractivity contribution in [3.8, 4) is 6.07 Å². The van der Waals surface area contributed by atoms with Gasteiger partial charge in [0.2, 0.25) is 0 Å². The Labute approximate surface area is 148 Å². The number of carboxylic acid groups (broad SMARTS) is 1. The van der Waals surface area contributed by atoms with Crippen molar-refractivity contribution < 1.29 is 9.90 Å². The lowest BCUT2D eigenvalue weighted by molar-refractivity contribution is 0.0103. The van der Waals surface area contributed by atoms with Crippen molar-refractivity contribution in [2.75, 3.05) is 5.32 Å². The number of rotatable bonds is 3.